The summed E-state index contributed by atoms with van der Waals surface area (Å²) in [7, 11) is 7.84. The summed E-state index contributed by atoms with van der Waals surface area (Å²) in [5.41, 5.74) is 8.44. The molecular weight excluding hydrogens is 523 g/mol. The first-order valence-electron chi connectivity index (χ1n) is 11.9. The molecule has 1 unspecified atom stereocenters. The first-order valence-corrected chi connectivity index (χ1v) is 19.2. The van der Waals surface area contributed by atoms with Crippen molar-refractivity contribution in [1.82, 2.24) is 0 Å². The van der Waals surface area contributed by atoms with E-state index in [2.05, 4.69) is 110 Å². The van der Waals surface area contributed by atoms with E-state index in [9.17, 15) is 0 Å². The van der Waals surface area contributed by atoms with Crippen molar-refractivity contribution in [2.24, 2.45) is 11.8 Å². The summed E-state index contributed by atoms with van der Waals surface area (Å²) in [4.78, 5) is 0. The van der Waals surface area contributed by atoms with Crippen molar-refractivity contribution in [3.05, 3.63) is 103 Å². The van der Waals surface area contributed by atoms with Crippen molar-refractivity contribution >= 4 is 55.7 Å². The number of anilines is 2. The van der Waals surface area contributed by atoms with Gasteiger partial charge in [-0.25, -0.2) is 0 Å². The molecule has 3 aromatic rings. The first-order chi connectivity index (χ1) is 16.5. The van der Waals surface area contributed by atoms with Gasteiger partial charge in [-0.05, 0) is 53.0 Å². The Morgan fingerprint density at radius 3 is 2.06 bits per heavy atom. The molecule has 1 saturated carbocycles. The maximum absolute atomic E-state index is 5.00. The Balaban J connectivity index is 0.000000689. The third kappa shape index (κ3) is 4.67. The van der Waals surface area contributed by atoms with Gasteiger partial charge in [-0.3, -0.25) is 0 Å². The van der Waals surface area contributed by atoms with Gasteiger partial charge in [-0.2, -0.15) is 0 Å². The fraction of sp³-hybridized carbons (Fsp3) is 0.276. The number of rotatable bonds is 2. The minimum absolute atomic E-state index is 0. The van der Waals surface area contributed by atoms with Gasteiger partial charge >= 0.3 is 35.6 Å². The quantitative estimate of drug-likeness (QED) is 0.227. The molecule has 3 aromatic carbocycles. The van der Waals surface area contributed by atoms with Gasteiger partial charge in [-0.1, -0.05) is 92.8 Å². The van der Waals surface area contributed by atoms with E-state index in [4.69, 9.17) is 23.9 Å². The number of halogens is 2. The molecule has 4 atom stereocenters. The molecular formula is C29H32Cl2N2SiTi-2. The molecule has 0 saturated heterocycles. The zero-order valence-electron chi connectivity index (χ0n) is 20.7. The average Bonchev–Trinajstić information content (AvgIpc) is 3.20. The molecule has 1 aliphatic heterocycles. The van der Waals surface area contributed by atoms with Crippen molar-refractivity contribution < 1.29 is 17.0 Å². The van der Waals surface area contributed by atoms with Crippen LogP contribution in [0.3, 0.4) is 0 Å². The Kier molecular flexibility index (Phi) is 8.25. The zero-order chi connectivity index (χ0) is 23.9. The second-order valence-electron chi connectivity index (χ2n) is 10.1. The van der Waals surface area contributed by atoms with Gasteiger partial charge in [-0.15, -0.1) is 11.4 Å². The molecule has 6 heteroatoms. The molecule has 182 valence electrons. The van der Waals surface area contributed by atoms with E-state index < -0.39 is 25.3 Å². The van der Waals surface area contributed by atoms with Crippen LogP contribution in [0.25, 0.3) is 11.4 Å². The fourth-order valence-corrected chi connectivity index (χ4v) is 11.6. The Bertz CT molecular complexity index is 1170. The van der Waals surface area contributed by atoms with Crippen LogP contribution in [0.15, 0.2) is 78.9 Å². The predicted molar refractivity (Wildman–Crippen MR) is 153 cm³/mol. The molecule has 6 rings (SSSR count). The molecule has 0 spiro atoms. The number of fused-ring (bicyclic) bond motifs is 5. The monoisotopic (exact) mass is 554 g/mol. The summed E-state index contributed by atoms with van der Waals surface area (Å²) in [6.07, 6.45) is 6.22. The number of allylic oxidation sites excluding steroid dienone is 1. The summed E-state index contributed by atoms with van der Waals surface area (Å²) < 4.78 is 2.72. The van der Waals surface area contributed by atoms with E-state index in [1.807, 2.05) is 0 Å². The van der Waals surface area contributed by atoms with E-state index in [0.29, 0.717) is 23.3 Å². The third-order valence-corrected chi connectivity index (χ3v) is 12.1. The van der Waals surface area contributed by atoms with Gasteiger partial charge in [0.15, 0.2) is 8.24 Å². The van der Waals surface area contributed by atoms with Gasteiger partial charge in [0, 0.05) is 11.4 Å². The number of nitrogens with zero attached hydrogens (tertiary/aromatic N) is 2. The normalized spacial score (nSPS) is 23.3. The molecule has 0 N–H and O–H groups in total. The van der Waals surface area contributed by atoms with Crippen LogP contribution >= 0.6 is 18.6 Å². The molecule has 2 aliphatic carbocycles. The Hall–Kier alpha value is -1.49. The van der Waals surface area contributed by atoms with Gasteiger partial charge in [0.25, 0.3) is 0 Å². The molecule has 0 bridgehead atoms. The first kappa shape index (κ1) is 26.6. The van der Waals surface area contributed by atoms with Crippen LogP contribution in [0.1, 0.15) is 30.4 Å². The van der Waals surface area contributed by atoms with Crippen LogP contribution in [0.5, 0.6) is 0 Å². The van der Waals surface area contributed by atoms with Crippen LogP contribution in [0.4, 0.5) is 22.7 Å². The molecule has 0 aromatic heterocycles. The third-order valence-electron chi connectivity index (χ3n) is 7.89. The number of benzene rings is 3. The average molecular weight is 555 g/mol. The zero-order valence-corrected chi connectivity index (χ0v) is 24.8. The van der Waals surface area contributed by atoms with Gasteiger partial charge in [0.05, 0.1) is 0 Å². The standard InChI is InChI=1S/C28H29N2Si.CH3.2ClH.Ti/c1-19-18-23-21-11-5-4-10-20(21)16-17-22(23)28(19)31(2,3)30-26-14-8-6-12-24(26)29-25-13-7-9-15-27(25)30;;;;/h4-17,19,22-23,28H,18H2,1-3H3;1H3;2*1H;/q2*-1;;;+2/p-2/t19-,22+,23-,28?;;;;/m1..../s1. The fourth-order valence-electron chi connectivity index (χ4n) is 6.83. The summed E-state index contributed by atoms with van der Waals surface area (Å²) in [6, 6.07) is 26.5. The number of hydrogen-bond donors (Lipinski definition) is 0. The Morgan fingerprint density at radius 2 is 1.43 bits per heavy atom. The Morgan fingerprint density at radius 1 is 0.886 bits per heavy atom. The molecule has 35 heavy (non-hydrogen) atoms. The maximum atomic E-state index is 5.00. The van der Waals surface area contributed by atoms with Gasteiger partial charge in [0.1, 0.15) is 0 Å². The Labute approximate surface area is 228 Å². The van der Waals surface area contributed by atoms with Crippen LogP contribution in [-0.4, -0.2) is 8.24 Å². The van der Waals surface area contributed by atoms with Crippen LogP contribution < -0.4 is 4.57 Å². The summed E-state index contributed by atoms with van der Waals surface area (Å²) >= 11 is -0.556. The molecule has 1 heterocycles. The number of hydrogen-bond acceptors (Lipinski definition) is 1. The van der Waals surface area contributed by atoms with Crippen LogP contribution in [0.2, 0.25) is 18.6 Å². The second kappa shape index (κ2) is 10.9. The molecule has 2 nitrogen and oxygen atoms in total. The van der Waals surface area contributed by atoms with Gasteiger partial charge in [0.2, 0.25) is 0 Å². The summed E-state index contributed by atoms with van der Waals surface area (Å²) in [6.45, 7) is 7.67. The van der Waals surface area contributed by atoms with E-state index in [1.165, 1.54) is 23.4 Å². The summed E-state index contributed by atoms with van der Waals surface area (Å²) in [5, 5.41) is 5.00. The molecule has 0 amide bonds. The van der Waals surface area contributed by atoms with Crippen LogP contribution in [-0.2, 0) is 17.0 Å². The van der Waals surface area contributed by atoms with Crippen molar-refractivity contribution in [2.45, 2.75) is 37.9 Å². The van der Waals surface area contributed by atoms with Crippen molar-refractivity contribution in [3.8, 4) is 0 Å². The second-order valence-corrected chi connectivity index (χ2v) is 17.1. The van der Waals surface area contributed by atoms with Crippen LogP contribution in [0, 0.1) is 19.3 Å². The predicted octanol–water partition coefficient (Wildman–Crippen LogP) is 10.3. The van der Waals surface area contributed by atoms with E-state index >= 15 is 0 Å². The molecule has 1 fully saturated rings. The molecule has 0 radical (unpaired) electrons. The van der Waals surface area contributed by atoms with Crippen molar-refractivity contribution in [3.63, 3.8) is 0 Å². The topological polar surface area (TPSA) is 17.3 Å². The van der Waals surface area contributed by atoms with E-state index in [0.717, 1.165) is 11.4 Å². The summed E-state index contributed by atoms with van der Waals surface area (Å²) in [5.74, 6) is 1.96. The SMILES string of the molecule is C[C@@H]1C[C@@H]2c3ccccc3C=C[C@@H]2C1[Si](C)(C)N1c2ccccc2[N-]c2ccccc21.[CH3-].[Cl][Ti][Cl]. The molecule has 3 aliphatic rings. The minimum atomic E-state index is -1.94. The van der Waals surface area contributed by atoms with E-state index in [-0.39, 0.29) is 7.43 Å². The van der Waals surface area contributed by atoms with Gasteiger partial charge < -0.3 is 17.3 Å². The van der Waals surface area contributed by atoms with Crippen molar-refractivity contribution in [1.29, 1.82) is 0 Å². The number of para-hydroxylation sites is 4. The van der Waals surface area contributed by atoms with E-state index in [1.54, 1.807) is 5.56 Å². The van der Waals surface area contributed by atoms with Crippen molar-refractivity contribution in [2.75, 3.05) is 4.57 Å².